The Balaban J connectivity index is 1.51. The zero-order chi connectivity index (χ0) is 19.7. The van der Waals surface area contributed by atoms with E-state index in [4.69, 9.17) is 4.74 Å². The van der Waals surface area contributed by atoms with E-state index in [-0.39, 0.29) is 12.1 Å². The predicted octanol–water partition coefficient (Wildman–Crippen LogP) is 3.95. The molecule has 0 aromatic heterocycles. The van der Waals surface area contributed by atoms with E-state index in [1.54, 1.807) is 0 Å². The van der Waals surface area contributed by atoms with Crippen molar-refractivity contribution in [1.29, 1.82) is 0 Å². The fourth-order valence-corrected chi connectivity index (χ4v) is 3.99. The highest BCUT2D eigenvalue weighted by Gasteiger charge is 2.30. The van der Waals surface area contributed by atoms with Crippen LogP contribution in [0, 0.1) is 0 Å². The molecule has 0 aliphatic carbocycles. The van der Waals surface area contributed by atoms with E-state index in [1.165, 1.54) is 5.56 Å². The molecule has 2 aliphatic rings. The Morgan fingerprint density at radius 1 is 1.18 bits per heavy atom. The molecule has 28 heavy (non-hydrogen) atoms. The Hall–Kier alpha value is -2.89. The summed E-state index contributed by atoms with van der Waals surface area (Å²) in [5.74, 6) is 0.867. The molecule has 6 heteroatoms. The maximum Gasteiger partial charge on any atom is 0.322 e. The van der Waals surface area contributed by atoms with Gasteiger partial charge in [-0.25, -0.2) is 4.79 Å². The van der Waals surface area contributed by atoms with E-state index in [0.29, 0.717) is 6.61 Å². The van der Waals surface area contributed by atoms with E-state index >= 15 is 0 Å². The lowest BCUT2D eigenvalue weighted by atomic mass is 10.0. The Kier molecular flexibility index (Phi) is 5.03. The minimum atomic E-state index is -0.0444. The summed E-state index contributed by atoms with van der Waals surface area (Å²) in [6.07, 6.45) is 2.01. The molecule has 0 radical (unpaired) electrons. The fourth-order valence-electron chi connectivity index (χ4n) is 3.99. The Morgan fingerprint density at radius 3 is 2.86 bits per heavy atom. The molecule has 1 atom stereocenters. The van der Waals surface area contributed by atoms with Gasteiger partial charge in [0.25, 0.3) is 0 Å². The van der Waals surface area contributed by atoms with Gasteiger partial charge in [0, 0.05) is 39.1 Å². The number of fused-ring (bicyclic) bond motifs is 1. The van der Waals surface area contributed by atoms with Crippen LogP contribution in [0.4, 0.5) is 21.9 Å². The number of carbonyl (C=O) groups is 1. The Morgan fingerprint density at radius 2 is 2.04 bits per heavy atom. The standard InChI is InChI=1S/C22H28N4O2/c1-24(2)18-7-4-6-16(14-18)19-8-5-11-26(19)22(27)23-17-9-10-21-20(15-17)25(3)12-13-28-21/h4,6-7,9-10,14-15,19H,5,8,11-13H2,1-3H3,(H,23,27). The molecule has 2 aromatic carbocycles. The molecular weight excluding hydrogens is 352 g/mol. The van der Waals surface area contributed by atoms with Gasteiger partial charge in [0.1, 0.15) is 12.4 Å². The number of nitrogens with one attached hydrogen (secondary N) is 1. The van der Waals surface area contributed by atoms with E-state index in [0.717, 1.165) is 48.7 Å². The third kappa shape index (κ3) is 3.59. The average Bonchev–Trinajstić information content (AvgIpc) is 3.19. The molecule has 2 amide bonds. The first-order valence-electron chi connectivity index (χ1n) is 9.86. The summed E-state index contributed by atoms with van der Waals surface area (Å²) in [6.45, 7) is 2.31. The van der Waals surface area contributed by atoms with Gasteiger partial charge in [0.15, 0.2) is 0 Å². The number of hydrogen-bond donors (Lipinski definition) is 1. The van der Waals surface area contributed by atoms with Gasteiger partial charge in [-0.05, 0) is 48.7 Å². The average molecular weight is 380 g/mol. The van der Waals surface area contributed by atoms with Crippen molar-refractivity contribution in [3.8, 4) is 5.75 Å². The summed E-state index contributed by atoms with van der Waals surface area (Å²) in [5.41, 5.74) is 4.16. The van der Waals surface area contributed by atoms with E-state index in [1.807, 2.05) is 44.2 Å². The second-order valence-electron chi connectivity index (χ2n) is 7.72. The molecule has 0 bridgehead atoms. The number of likely N-dealkylation sites (tertiary alicyclic amines) is 1. The van der Waals surface area contributed by atoms with Crippen LogP contribution in [0.3, 0.4) is 0 Å². The third-order valence-electron chi connectivity index (χ3n) is 5.59. The van der Waals surface area contributed by atoms with Crippen molar-refractivity contribution in [3.05, 3.63) is 48.0 Å². The highest BCUT2D eigenvalue weighted by molar-refractivity contribution is 5.91. The van der Waals surface area contributed by atoms with Crippen molar-refractivity contribution in [2.45, 2.75) is 18.9 Å². The summed E-state index contributed by atoms with van der Waals surface area (Å²) < 4.78 is 5.69. The van der Waals surface area contributed by atoms with Crippen LogP contribution < -0.4 is 19.9 Å². The smallest absolute Gasteiger partial charge is 0.322 e. The number of nitrogens with zero attached hydrogens (tertiary/aromatic N) is 3. The molecule has 148 valence electrons. The van der Waals surface area contributed by atoms with Crippen molar-refractivity contribution < 1.29 is 9.53 Å². The predicted molar refractivity (Wildman–Crippen MR) is 114 cm³/mol. The zero-order valence-corrected chi connectivity index (χ0v) is 16.8. The monoisotopic (exact) mass is 380 g/mol. The number of urea groups is 1. The maximum absolute atomic E-state index is 13.0. The largest absolute Gasteiger partial charge is 0.490 e. The van der Waals surface area contributed by atoms with Gasteiger partial charge in [0.2, 0.25) is 0 Å². The van der Waals surface area contributed by atoms with Crippen molar-refractivity contribution >= 4 is 23.1 Å². The van der Waals surface area contributed by atoms with Crippen LogP contribution in [0.2, 0.25) is 0 Å². The van der Waals surface area contributed by atoms with Crippen molar-refractivity contribution in [2.75, 3.05) is 56.0 Å². The van der Waals surface area contributed by atoms with Crippen LogP contribution in [0.15, 0.2) is 42.5 Å². The van der Waals surface area contributed by atoms with Gasteiger partial charge < -0.3 is 24.8 Å². The molecular formula is C22H28N4O2. The Bertz CT molecular complexity index is 867. The topological polar surface area (TPSA) is 48.0 Å². The Labute approximate surface area is 166 Å². The normalized spacial score (nSPS) is 18.5. The quantitative estimate of drug-likeness (QED) is 0.876. The molecule has 4 rings (SSSR count). The first-order chi connectivity index (χ1) is 13.5. The summed E-state index contributed by atoms with van der Waals surface area (Å²) in [5, 5.41) is 3.09. The van der Waals surface area contributed by atoms with Gasteiger partial charge in [-0.3, -0.25) is 0 Å². The van der Waals surface area contributed by atoms with Crippen LogP contribution in [0.5, 0.6) is 5.75 Å². The van der Waals surface area contributed by atoms with E-state index < -0.39 is 0 Å². The number of ether oxygens (including phenoxy) is 1. The lowest BCUT2D eigenvalue weighted by Crippen LogP contribution is -2.34. The molecule has 0 saturated carbocycles. The second kappa shape index (κ2) is 7.62. The van der Waals surface area contributed by atoms with Gasteiger partial charge >= 0.3 is 6.03 Å². The molecule has 1 fully saturated rings. The van der Waals surface area contributed by atoms with Crippen LogP contribution >= 0.6 is 0 Å². The first-order valence-corrected chi connectivity index (χ1v) is 9.86. The molecule has 1 unspecified atom stereocenters. The van der Waals surface area contributed by atoms with Crippen molar-refractivity contribution in [3.63, 3.8) is 0 Å². The number of amides is 2. The molecule has 6 nitrogen and oxygen atoms in total. The van der Waals surface area contributed by atoms with Gasteiger partial charge in [-0.1, -0.05) is 12.1 Å². The van der Waals surface area contributed by atoms with Gasteiger partial charge in [-0.15, -0.1) is 0 Å². The second-order valence-corrected chi connectivity index (χ2v) is 7.72. The highest BCUT2D eigenvalue weighted by Crippen LogP contribution is 2.36. The fraction of sp³-hybridized carbons (Fsp3) is 0.409. The number of likely N-dealkylation sites (N-methyl/N-ethyl adjacent to an activating group) is 1. The molecule has 1 saturated heterocycles. The molecule has 2 heterocycles. The van der Waals surface area contributed by atoms with Gasteiger partial charge in [-0.2, -0.15) is 0 Å². The van der Waals surface area contributed by atoms with Crippen LogP contribution in [-0.4, -0.2) is 51.8 Å². The maximum atomic E-state index is 13.0. The summed E-state index contributed by atoms with van der Waals surface area (Å²) >= 11 is 0. The number of benzene rings is 2. The summed E-state index contributed by atoms with van der Waals surface area (Å²) in [4.78, 5) is 19.2. The van der Waals surface area contributed by atoms with Crippen molar-refractivity contribution in [1.82, 2.24) is 4.90 Å². The summed E-state index contributed by atoms with van der Waals surface area (Å²) in [6, 6.07) is 14.4. The molecule has 1 N–H and O–H groups in total. The van der Waals surface area contributed by atoms with Crippen LogP contribution in [0.25, 0.3) is 0 Å². The third-order valence-corrected chi connectivity index (χ3v) is 5.59. The minimum absolute atomic E-state index is 0.0444. The zero-order valence-electron chi connectivity index (χ0n) is 16.8. The molecule has 2 aliphatic heterocycles. The van der Waals surface area contributed by atoms with Crippen LogP contribution in [-0.2, 0) is 0 Å². The van der Waals surface area contributed by atoms with Crippen molar-refractivity contribution in [2.24, 2.45) is 0 Å². The molecule has 0 spiro atoms. The number of carbonyl (C=O) groups excluding carboxylic acids is 1. The minimum Gasteiger partial charge on any atom is -0.490 e. The number of anilines is 3. The van der Waals surface area contributed by atoms with E-state index in [2.05, 4.69) is 39.4 Å². The number of rotatable bonds is 3. The first kappa shape index (κ1) is 18.5. The number of hydrogen-bond acceptors (Lipinski definition) is 4. The lowest BCUT2D eigenvalue weighted by Gasteiger charge is -2.29. The molecule has 2 aromatic rings. The SMILES string of the molecule is CN(C)c1cccc(C2CCCN2C(=O)Nc2ccc3c(c2)N(C)CCO3)c1. The summed E-state index contributed by atoms with van der Waals surface area (Å²) in [7, 11) is 6.12. The highest BCUT2D eigenvalue weighted by atomic mass is 16.5. The van der Waals surface area contributed by atoms with Gasteiger partial charge in [0.05, 0.1) is 18.3 Å². The van der Waals surface area contributed by atoms with Crippen LogP contribution in [0.1, 0.15) is 24.4 Å². The lowest BCUT2D eigenvalue weighted by molar-refractivity contribution is 0.207. The van der Waals surface area contributed by atoms with E-state index in [9.17, 15) is 4.79 Å².